The highest BCUT2D eigenvalue weighted by atomic mass is 32.1. The molecule has 6 heteroatoms. The Morgan fingerprint density at radius 2 is 2.29 bits per heavy atom. The van der Waals surface area contributed by atoms with Gasteiger partial charge >= 0.3 is 0 Å². The minimum Gasteiger partial charge on any atom is -0.492 e. The van der Waals surface area contributed by atoms with Gasteiger partial charge < -0.3 is 15.8 Å². The number of hydrogen-bond donors (Lipinski definition) is 2. The molecule has 2 rings (SSSR count). The number of anilines is 2. The Balaban J connectivity index is 2.05. The molecule has 0 aliphatic heterocycles. The Morgan fingerprint density at radius 3 is 3.00 bits per heavy atom. The largest absolute Gasteiger partial charge is 0.492 e. The second kappa shape index (κ2) is 5.60. The van der Waals surface area contributed by atoms with Gasteiger partial charge in [0.2, 0.25) is 5.13 Å². The van der Waals surface area contributed by atoms with Crippen molar-refractivity contribution in [3.63, 3.8) is 0 Å². The second-order valence-corrected chi connectivity index (χ2v) is 4.60. The number of ether oxygens (including phenoxy) is 1. The number of aromatic nitrogens is 2. The molecule has 0 atom stereocenters. The zero-order valence-electron chi connectivity index (χ0n) is 9.51. The SMILES string of the molecule is Cc1nnc(Nc2cccc(OCCN)c2)s1. The Bertz CT molecular complexity index is 486. The van der Waals surface area contributed by atoms with Crippen LogP contribution in [-0.4, -0.2) is 23.3 Å². The number of nitrogens with zero attached hydrogens (tertiary/aromatic N) is 2. The fourth-order valence-electron chi connectivity index (χ4n) is 1.31. The van der Waals surface area contributed by atoms with Gasteiger partial charge in [-0.15, -0.1) is 10.2 Å². The fourth-order valence-corrected chi connectivity index (χ4v) is 1.92. The van der Waals surface area contributed by atoms with Crippen LogP contribution < -0.4 is 15.8 Å². The molecule has 0 fully saturated rings. The molecule has 0 aliphatic rings. The number of hydrogen-bond acceptors (Lipinski definition) is 6. The average Bonchev–Trinajstić information content (AvgIpc) is 2.73. The number of rotatable bonds is 5. The summed E-state index contributed by atoms with van der Waals surface area (Å²) in [6.07, 6.45) is 0. The van der Waals surface area contributed by atoms with E-state index in [-0.39, 0.29) is 0 Å². The number of nitrogens with two attached hydrogens (primary N) is 1. The summed E-state index contributed by atoms with van der Waals surface area (Å²) in [5, 5.41) is 12.8. The Kier molecular flexibility index (Phi) is 3.89. The Hall–Kier alpha value is -1.66. The molecule has 0 unspecified atom stereocenters. The first-order valence-electron chi connectivity index (χ1n) is 5.28. The van der Waals surface area contributed by atoms with Crippen LogP contribution in [0.15, 0.2) is 24.3 Å². The van der Waals surface area contributed by atoms with Gasteiger partial charge in [-0.2, -0.15) is 0 Å². The molecule has 17 heavy (non-hydrogen) atoms. The van der Waals surface area contributed by atoms with E-state index < -0.39 is 0 Å². The lowest BCUT2D eigenvalue weighted by atomic mass is 10.3. The molecule has 0 aliphatic carbocycles. The quantitative estimate of drug-likeness (QED) is 0.848. The van der Waals surface area contributed by atoms with Gasteiger partial charge in [0.1, 0.15) is 17.4 Å². The van der Waals surface area contributed by atoms with Crippen molar-refractivity contribution >= 4 is 22.2 Å². The maximum Gasteiger partial charge on any atom is 0.210 e. The number of aryl methyl sites for hydroxylation is 1. The van der Waals surface area contributed by atoms with Crippen molar-refractivity contribution in [3.8, 4) is 5.75 Å². The third-order valence-corrected chi connectivity index (χ3v) is 2.75. The molecule has 0 saturated heterocycles. The molecule has 0 bridgehead atoms. The molecule has 0 saturated carbocycles. The van der Waals surface area contributed by atoms with Gasteiger partial charge in [-0.05, 0) is 19.1 Å². The summed E-state index contributed by atoms with van der Waals surface area (Å²) in [5.74, 6) is 0.793. The molecule has 0 spiro atoms. The van der Waals surface area contributed by atoms with Gasteiger partial charge in [-0.25, -0.2) is 0 Å². The van der Waals surface area contributed by atoms with Crippen LogP contribution in [0.25, 0.3) is 0 Å². The predicted molar refractivity (Wildman–Crippen MR) is 68.9 cm³/mol. The first-order valence-corrected chi connectivity index (χ1v) is 6.09. The van der Waals surface area contributed by atoms with Crippen molar-refractivity contribution in [1.29, 1.82) is 0 Å². The van der Waals surface area contributed by atoms with Crippen molar-refractivity contribution in [2.24, 2.45) is 5.73 Å². The average molecular weight is 250 g/mol. The van der Waals surface area contributed by atoms with Crippen LogP contribution in [0.4, 0.5) is 10.8 Å². The van der Waals surface area contributed by atoms with Gasteiger partial charge in [-0.3, -0.25) is 0 Å². The molecule has 0 amide bonds. The van der Waals surface area contributed by atoms with Crippen LogP contribution in [0, 0.1) is 6.92 Å². The van der Waals surface area contributed by atoms with Gasteiger partial charge in [0.25, 0.3) is 0 Å². The van der Waals surface area contributed by atoms with Crippen LogP contribution in [0.5, 0.6) is 5.75 Å². The zero-order valence-corrected chi connectivity index (χ0v) is 10.3. The number of nitrogens with one attached hydrogen (secondary N) is 1. The summed E-state index contributed by atoms with van der Waals surface area (Å²) >= 11 is 1.51. The topological polar surface area (TPSA) is 73.1 Å². The van der Waals surface area contributed by atoms with E-state index in [4.69, 9.17) is 10.5 Å². The van der Waals surface area contributed by atoms with E-state index in [1.54, 1.807) is 0 Å². The third-order valence-electron chi connectivity index (χ3n) is 2.00. The molecule has 1 heterocycles. The normalized spacial score (nSPS) is 10.2. The lowest BCUT2D eigenvalue weighted by Crippen LogP contribution is -2.10. The molecule has 3 N–H and O–H groups in total. The molecule has 90 valence electrons. The number of benzene rings is 1. The Labute approximate surface area is 104 Å². The molecule has 0 radical (unpaired) electrons. The maximum atomic E-state index is 5.44. The Morgan fingerprint density at radius 1 is 1.41 bits per heavy atom. The van der Waals surface area contributed by atoms with Gasteiger partial charge in [-0.1, -0.05) is 17.4 Å². The van der Waals surface area contributed by atoms with Gasteiger partial charge in [0, 0.05) is 18.3 Å². The van der Waals surface area contributed by atoms with Crippen molar-refractivity contribution < 1.29 is 4.74 Å². The maximum absolute atomic E-state index is 5.44. The minimum absolute atomic E-state index is 0.507. The van der Waals surface area contributed by atoms with Crippen LogP contribution in [0.3, 0.4) is 0 Å². The van der Waals surface area contributed by atoms with Crippen molar-refractivity contribution in [2.45, 2.75) is 6.92 Å². The molecule has 1 aromatic heterocycles. The lowest BCUT2D eigenvalue weighted by molar-refractivity contribution is 0.328. The lowest BCUT2D eigenvalue weighted by Gasteiger charge is -2.06. The van der Waals surface area contributed by atoms with E-state index in [0.29, 0.717) is 13.2 Å². The molecular formula is C11H14N4OS. The van der Waals surface area contributed by atoms with Crippen LogP contribution in [0.1, 0.15) is 5.01 Å². The van der Waals surface area contributed by atoms with E-state index in [1.807, 2.05) is 31.2 Å². The highest BCUT2D eigenvalue weighted by Gasteiger charge is 2.01. The van der Waals surface area contributed by atoms with Crippen molar-refractivity contribution in [1.82, 2.24) is 10.2 Å². The van der Waals surface area contributed by atoms with E-state index in [9.17, 15) is 0 Å². The standard InChI is InChI=1S/C11H14N4OS/c1-8-14-15-11(17-8)13-9-3-2-4-10(7-9)16-6-5-12/h2-4,7H,5-6,12H2,1H3,(H,13,15). The van der Waals surface area contributed by atoms with Crippen LogP contribution in [-0.2, 0) is 0 Å². The highest BCUT2D eigenvalue weighted by molar-refractivity contribution is 7.15. The zero-order chi connectivity index (χ0) is 12.1. The molecular weight excluding hydrogens is 236 g/mol. The van der Waals surface area contributed by atoms with Gasteiger partial charge in [0.15, 0.2) is 0 Å². The third kappa shape index (κ3) is 3.40. The summed E-state index contributed by atoms with van der Waals surface area (Å²) in [6.45, 7) is 2.94. The van der Waals surface area contributed by atoms with E-state index in [2.05, 4.69) is 15.5 Å². The van der Waals surface area contributed by atoms with Crippen molar-refractivity contribution in [2.75, 3.05) is 18.5 Å². The molecule has 2 aromatic rings. The molecule has 5 nitrogen and oxygen atoms in total. The van der Waals surface area contributed by atoms with E-state index in [1.165, 1.54) is 11.3 Å². The van der Waals surface area contributed by atoms with E-state index >= 15 is 0 Å². The molecule has 1 aromatic carbocycles. The summed E-state index contributed by atoms with van der Waals surface area (Å²) in [4.78, 5) is 0. The first kappa shape index (κ1) is 11.8. The summed E-state index contributed by atoms with van der Waals surface area (Å²) in [5.41, 5.74) is 6.31. The first-order chi connectivity index (χ1) is 8.28. The van der Waals surface area contributed by atoms with E-state index in [0.717, 1.165) is 21.6 Å². The monoisotopic (exact) mass is 250 g/mol. The smallest absolute Gasteiger partial charge is 0.210 e. The summed E-state index contributed by atoms with van der Waals surface area (Å²) < 4.78 is 5.44. The predicted octanol–water partition coefficient (Wildman–Crippen LogP) is 1.93. The summed E-state index contributed by atoms with van der Waals surface area (Å²) in [6, 6.07) is 7.67. The summed E-state index contributed by atoms with van der Waals surface area (Å²) in [7, 11) is 0. The van der Waals surface area contributed by atoms with Gasteiger partial charge in [0.05, 0.1) is 0 Å². The second-order valence-electron chi connectivity index (χ2n) is 3.42. The fraction of sp³-hybridized carbons (Fsp3) is 0.273. The minimum atomic E-state index is 0.507. The van der Waals surface area contributed by atoms with Crippen LogP contribution >= 0.6 is 11.3 Å². The highest BCUT2D eigenvalue weighted by Crippen LogP contribution is 2.23. The van der Waals surface area contributed by atoms with Crippen molar-refractivity contribution in [3.05, 3.63) is 29.3 Å². The van der Waals surface area contributed by atoms with Crippen LogP contribution in [0.2, 0.25) is 0 Å².